The smallest absolute Gasteiger partial charge is 0.370 e. The second kappa shape index (κ2) is 19.4. The first-order chi connectivity index (χ1) is 37.0. The number of imidazole rings is 1. The van der Waals surface area contributed by atoms with Gasteiger partial charge in [-0.15, -0.1) is 10.2 Å². The lowest BCUT2D eigenvalue weighted by atomic mass is 9.57. The average molecular weight is 1050 g/mol. The highest BCUT2D eigenvalue weighted by molar-refractivity contribution is 6.11. The largest absolute Gasteiger partial charge is 0.416 e. The SMILES string of the molecule is CC(C)n1c(=O)n(C2CCC(=O)NC2=O)c2cccc(N3CCC(CN4CCC5(CC4)CN(Cc4ccc(-c6cc7c(c(C(F)(F)F)c6)CN(c6cccc(C8(Cc9nncn9C)CC(C#N)C8)c6)C7=O)cc4)C5)CC3)c21. The zero-order valence-electron chi connectivity index (χ0n) is 43.9. The minimum Gasteiger partial charge on any atom is -0.370 e. The van der Waals surface area contributed by atoms with Crippen LogP contribution >= 0.6 is 0 Å². The van der Waals surface area contributed by atoms with E-state index in [4.69, 9.17) is 0 Å². The van der Waals surface area contributed by atoms with Crippen LogP contribution in [-0.2, 0) is 47.7 Å². The molecular formula is C59H64F3N11O4. The summed E-state index contributed by atoms with van der Waals surface area (Å²) in [7, 11) is 1.87. The first-order valence-corrected chi connectivity index (χ1v) is 27.3. The summed E-state index contributed by atoms with van der Waals surface area (Å²) in [5, 5.41) is 20.4. The second-order valence-electron chi connectivity index (χ2n) is 23.3. The fourth-order valence-corrected chi connectivity index (χ4v) is 13.8. The molecule has 3 amide bonds. The number of aromatic nitrogens is 5. The van der Waals surface area contributed by atoms with Gasteiger partial charge in [0.05, 0.1) is 34.9 Å². The number of rotatable bonds is 12. The lowest BCUT2D eigenvalue weighted by Crippen LogP contribution is -2.60. The highest BCUT2D eigenvalue weighted by atomic mass is 19.4. The van der Waals surface area contributed by atoms with Crippen molar-refractivity contribution in [1.82, 2.24) is 39.0 Å². The van der Waals surface area contributed by atoms with Gasteiger partial charge in [-0.1, -0.05) is 42.5 Å². The maximum absolute atomic E-state index is 14.9. The van der Waals surface area contributed by atoms with E-state index in [1.807, 2.05) is 80.1 Å². The van der Waals surface area contributed by atoms with Gasteiger partial charge in [0, 0.05) is 87.8 Å². The molecule has 5 aliphatic heterocycles. The highest BCUT2D eigenvalue weighted by Crippen LogP contribution is 2.51. The summed E-state index contributed by atoms with van der Waals surface area (Å²) in [6, 6.07) is 25.5. The van der Waals surface area contributed by atoms with Crippen LogP contribution in [-0.4, -0.2) is 97.2 Å². The first-order valence-electron chi connectivity index (χ1n) is 27.3. The van der Waals surface area contributed by atoms with E-state index in [0.29, 0.717) is 53.8 Å². The van der Waals surface area contributed by atoms with Crippen molar-refractivity contribution < 1.29 is 27.6 Å². The van der Waals surface area contributed by atoms with Crippen molar-refractivity contribution in [1.29, 1.82) is 5.26 Å². The molecule has 1 aliphatic carbocycles. The maximum Gasteiger partial charge on any atom is 0.416 e. The summed E-state index contributed by atoms with van der Waals surface area (Å²) in [4.78, 5) is 62.0. The van der Waals surface area contributed by atoms with Crippen LogP contribution in [0.1, 0.15) is 116 Å². The van der Waals surface area contributed by atoms with Gasteiger partial charge in [-0.2, -0.15) is 18.4 Å². The van der Waals surface area contributed by atoms with Gasteiger partial charge < -0.3 is 19.3 Å². The Morgan fingerprint density at radius 2 is 1.61 bits per heavy atom. The number of likely N-dealkylation sites (tertiary alicyclic amines) is 2. The molecule has 6 aromatic rings. The van der Waals surface area contributed by atoms with Gasteiger partial charge in [-0.25, -0.2) is 4.79 Å². The Hall–Kier alpha value is -7.10. The van der Waals surface area contributed by atoms with Crippen molar-refractivity contribution in [3.8, 4) is 17.2 Å². The summed E-state index contributed by atoms with van der Waals surface area (Å²) in [5.41, 5.74) is 4.96. The zero-order valence-corrected chi connectivity index (χ0v) is 43.9. The molecule has 1 saturated carbocycles. The molecule has 1 N–H and O–H groups in total. The van der Waals surface area contributed by atoms with Gasteiger partial charge in [0.1, 0.15) is 18.2 Å². The second-order valence-corrected chi connectivity index (χ2v) is 23.3. The minimum atomic E-state index is -4.67. The van der Waals surface area contributed by atoms with E-state index >= 15 is 0 Å². The normalized spacial score (nSPS) is 23.1. The summed E-state index contributed by atoms with van der Waals surface area (Å²) in [6.07, 6.45) is 3.62. The van der Waals surface area contributed by atoms with E-state index in [0.717, 1.165) is 112 Å². The van der Waals surface area contributed by atoms with Gasteiger partial charge in [0.2, 0.25) is 11.8 Å². The van der Waals surface area contributed by atoms with Gasteiger partial charge in [-0.3, -0.25) is 33.7 Å². The summed E-state index contributed by atoms with van der Waals surface area (Å²) in [5.74, 6) is 0.0143. The van der Waals surface area contributed by atoms with Gasteiger partial charge >= 0.3 is 11.9 Å². The van der Waals surface area contributed by atoms with Crippen molar-refractivity contribution in [2.24, 2.45) is 24.3 Å². The third-order valence-corrected chi connectivity index (χ3v) is 18.0. The van der Waals surface area contributed by atoms with E-state index < -0.39 is 35.0 Å². The molecule has 0 bridgehead atoms. The molecule has 1 unspecified atom stereocenters. The topological polar surface area (TPSA) is 158 Å². The number of imide groups is 1. The average Bonchev–Trinajstić information content (AvgIpc) is 4.15. The molecule has 0 radical (unpaired) electrons. The summed E-state index contributed by atoms with van der Waals surface area (Å²) < 4.78 is 49.9. The lowest BCUT2D eigenvalue weighted by molar-refractivity contribution is -0.138. The van der Waals surface area contributed by atoms with Crippen molar-refractivity contribution in [3.63, 3.8) is 0 Å². The van der Waals surface area contributed by atoms with E-state index in [1.54, 1.807) is 27.6 Å². The van der Waals surface area contributed by atoms with Crippen LogP contribution in [0.3, 0.4) is 0 Å². The Balaban J connectivity index is 0.651. The first kappa shape index (κ1) is 50.7. The fraction of sp³-hybridized carbons (Fsp3) is 0.475. The van der Waals surface area contributed by atoms with Gasteiger partial charge in [0.25, 0.3) is 5.91 Å². The van der Waals surface area contributed by atoms with Gasteiger partial charge in [-0.05, 0) is 147 Å². The molecule has 4 saturated heterocycles. The third-order valence-electron chi connectivity index (χ3n) is 18.0. The standard InChI is InChI=1S/C59H64F3N11O4/c1-37(2)72-53-48(8-5-9-49(53)73(56(72)77)50-14-15-52(74)65-54(50)75)70-20-16-39(17-21-70)31-68-22-18-57(19-23-68)34-69(35-57)32-38-10-12-41(13-11-38)42-24-45-46(47(25-42)59(60,61)62)33-71(55(45)76)44-7-4-6-43(26-44)58(27-40(28-58)30-63)29-51-66-64-36-67(51)3/h4-13,24-26,36-37,39-40,50H,14-23,27-29,31-35H2,1-3H3,(H,65,74,75). The van der Waals surface area contributed by atoms with Crippen LogP contribution in [0.4, 0.5) is 24.5 Å². The number of anilines is 2. The zero-order chi connectivity index (χ0) is 53.5. The van der Waals surface area contributed by atoms with Crippen molar-refractivity contribution >= 4 is 40.1 Å². The van der Waals surface area contributed by atoms with Gasteiger partial charge in [0.15, 0.2) is 0 Å². The number of hydrogen-bond donors (Lipinski definition) is 1. The van der Waals surface area contributed by atoms with Crippen LogP contribution in [0.5, 0.6) is 0 Å². The molecule has 12 rings (SSSR count). The Kier molecular flexibility index (Phi) is 12.8. The number of amides is 3. The molecule has 6 aliphatic rings. The van der Waals surface area contributed by atoms with Crippen molar-refractivity contribution in [2.45, 2.75) is 108 Å². The van der Waals surface area contributed by atoms with Crippen LogP contribution in [0, 0.1) is 28.6 Å². The number of nitriles is 1. The molecule has 1 atom stereocenters. The summed E-state index contributed by atoms with van der Waals surface area (Å²) in [6.45, 7) is 11.5. The number of hydrogen-bond acceptors (Lipinski definition) is 10. The number of para-hydroxylation sites is 1. The number of fused-ring (bicyclic) bond motifs is 2. The van der Waals surface area contributed by atoms with E-state index in [1.165, 1.54) is 11.0 Å². The number of nitrogens with zero attached hydrogens (tertiary/aromatic N) is 10. The van der Waals surface area contributed by atoms with Crippen LogP contribution in [0.15, 0.2) is 90.0 Å². The number of halogens is 3. The molecule has 7 heterocycles. The summed E-state index contributed by atoms with van der Waals surface area (Å²) >= 11 is 0. The van der Waals surface area contributed by atoms with Crippen LogP contribution in [0.2, 0.25) is 0 Å². The minimum absolute atomic E-state index is 0.0255. The Morgan fingerprint density at radius 1 is 0.870 bits per heavy atom. The fourth-order valence-electron chi connectivity index (χ4n) is 13.8. The van der Waals surface area contributed by atoms with Crippen molar-refractivity contribution in [3.05, 3.63) is 129 Å². The highest BCUT2D eigenvalue weighted by Gasteiger charge is 2.48. The number of alkyl halides is 3. The van der Waals surface area contributed by atoms with E-state index in [9.17, 15) is 37.6 Å². The molecule has 5 fully saturated rings. The lowest BCUT2D eigenvalue weighted by Gasteiger charge is -2.54. The number of aryl methyl sites for hydroxylation is 1. The molecule has 1 spiro atoms. The number of nitrogens with one attached hydrogen (secondary N) is 1. The Labute approximate surface area is 445 Å². The quantitative estimate of drug-likeness (QED) is 0.118. The van der Waals surface area contributed by atoms with Crippen LogP contribution < -0.4 is 20.8 Å². The Morgan fingerprint density at radius 3 is 2.29 bits per heavy atom. The maximum atomic E-state index is 14.9. The van der Waals surface area contributed by atoms with Crippen LogP contribution in [0.25, 0.3) is 22.2 Å². The molecule has 4 aromatic carbocycles. The predicted molar refractivity (Wildman–Crippen MR) is 285 cm³/mol. The Bertz CT molecular complexity index is 3400. The third kappa shape index (κ3) is 9.22. The number of piperidine rings is 3. The monoisotopic (exact) mass is 1050 g/mol. The molecular weight excluding hydrogens is 984 g/mol. The number of carbonyl (C=O) groups excluding carboxylic acids is 3. The molecule has 15 nitrogen and oxygen atoms in total. The number of benzene rings is 4. The molecule has 77 heavy (non-hydrogen) atoms. The number of carbonyl (C=O) groups is 3. The predicted octanol–water partition coefficient (Wildman–Crippen LogP) is 8.56. The molecule has 400 valence electrons. The van der Waals surface area contributed by atoms with E-state index in [-0.39, 0.29) is 47.6 Å². The molecule has 18 heteroatoms. The molecule has 2 aromatic heterocycles. The van der Waals surface area contributed by atoms with E-state index in [2.05, 4.69) is 42.3 Å². The van der Waals surface area contributed by atoms with Crippen molar-refractivity contribution in [2.75, 3.05) is 55.6 Å².